The third-order valence-corrected chi connectivity index (χ3v) is 5.19. The Morgan fingerprint density at radius 1 is 1.15 bits per heavy atom. The van der Waals surface area contributed by atoms with Crippen molar-refractivity contribution < 1.29 is 4.39 Å². The van der Waals surface area contributed by atoms with Crippen LogP contribution in [0.15, 0.2) is 12.3 Å². The molecule has 1 rings (SSSR count). The van der Waals surface area contributed by atoms with Gasteiger partial charge in [0.2, 0.25) is 0 Å². The Hall–Kier alpha value is -0.920. The average Bonchev–Trinajstić information content (AvgIpc) is 2.47. The summed E-state index contributed by atoms with van der Waals surface area (Å²) in [7, 11) is 0. The molecule has 0 aromatic carbocycles. The van der Waals surface area contributed by atoms with Crippen molar-refractivity contribution in [3.8, 4) is 0 Å². The third-order valence-electron chi connectivity index (χ3n) is 5.19. The van der Waals surface area contributed by atoms with Crippen molar-refractivity contribution in [2.75, 3.05) is 0 Å². The Labute approximate surface area is 124 Å². The van der Waals surface area contributed by atoms with Crippen LogP contribution in [0, 0.1) is 11.7 Å². The van der Waals surface area contributed by atoms with Gasteiger partial charge in [-0.15, -0.1) is 0 Å². The maximum Gasteiger partial charge on any atom is 0.145 e. The predicted octanol–water partition coefficient (Wildman–Crippen LogP) is 5.84. The highest BCUT2D eigenvalue weighted by Gasteiger charge is 2.28. The number of rotatable bonds is 7. The number of nitrogens with zero attached hydrogens (tertiary/aromatic N) is 1. The Kier molecular flexibility index (Phi) is 6.16. The van der Waals surface area contributed by atoms with Crippen LogP contribution in [0.5, 0.6) is 0 Å². The lowest BCUT2D eigenvalue weighted by atomic mass is 9.79. The number of hydrogen-bond donors (Lipinski definition) is 0. The zero-order chi connectivity index (χ0) is 15.3. The molecule has 0 amide bonds. The van der Waals surface area contributed by atoms with Gasteiger partial charge < -0.3 is 0 Å². The summed E-state index contributed by atoms with van der Waals surface area (Å²) in [6.45, 7) is 12.9. The van der Waals surface area contributed by atoms with Crippen molar-refractivity contribution in [1.82, 2.24) is 4.98 Å². The third kappa shape index (κ3) is 3.39. The number of halogens is 1. The summed E-state index contributed by atoms with van der Waals surface area (Å²) in [5.74, 6) is 0.844. The Morgan fingerprint density at radius 3 is 2.15 bits per heavy atom. The second-order valence-electron chi connectivity index (χ2n) is 6.27. The molecule has 1 aromatic rings. The summed E-state index contributed by atoms with van der Waals surface area (Å²) in [5, 5.41) is 0. The first-order valence-corrected chi connectivity index (χ1v) is 8.09. The van der Waals surface area contributed by atoms with Crippen molar-refractivity contribution >= 4 is 0 Å². The van der Waals surface area contributed by atoms with Gasteiger partial charge in [0.05, 0.1) is 5.69 Å². The molecule has 0 saturated heterocycles. The molecule has 0 spiro atoms. The van der Waals surface area contributed by atoms with Crippen LogP contribution < -0.4 is 0 Å². The molecule has 1 aromatic heterocycles. The van der Waals surface area contributed by atoms with E-state index in [1.807, 2.05) is 6.20 Å². The van der Waals surface area contributed by atoms with Gasteiger partial charge in [0.25, 0.3) is 0 Å². The lowest BCUT2D eigenvalue weighted by Gasteiger charge is -2.28. The van der Waals surface area contributed by atoms with E-state index < -0.39 is 0 Å². The molecule has 0 bridgehead atoms. The summed E-state index contributed by atoms with van der Waals surface area (Å²) < 4.78 is 14.5. The van der Waals surface area contributed by atoms with Gasteiger partial charge in [-0.1, -0.05) is 48.0 Å². The fourth-order valence-corrected chi connectivity index (χ4v) is 2.94. The molecule has 0 aliphatic heterocycles. The topological polar surface area (TPSA) is 12.9 Å². The molecule has 2 atom stereocenters. The van der Waals surface area contributed by atoms with Gasteiger partial charge in [-0.3, -0.25) is 4.98 Å². The van der Waals surface area contributed by atoms with Crippen LogP contribution in [0.3, 0.4) is 0 Å². The van der Waals surface area contributed by atoms with Crippen LogP contribution in [0.4, 0.5) is 4.39 Å². The van der Waals surface area contributed by atoms with Crippen molar-refractivity contribution in [2.45, 2.75) is 78.6 Å². The fourth-order valence-electron chi connectivity index (χ4n) is 2.94. The van der Waals surface area contributed by atoms with Gasteiger partial charge in [0.1, 0.15) is 5.82 Å². The van der Waals surface area contributed by atoms with Crippen LogP contribution in [0.1, 0.15) is 84.4 Å². The fraction of sp³-hybridized carbons (Fsp3) is 0.722. The highest BCUT2D eigenvalue weighted by Crippen LogP contribution is 2.34. The largest absolute Gasteiger partial charge is 0.257 e. The standard InChI is InChI=1S/C18H30FN/c1-7-13(5)15(8-2)14-11-16(19)17(20-12-14)18(6,9-3)10-4/h11-13,15H,7-10H2,1-6H3. The first-order valence-electron chi connectivity index (χ1n) is 8.09. The van der Waals surface area contributed by atoms with Gasteiger partial charge in [-0.25, -0.2) is 4.39 Å². The lowest BCUT2D eigenvalue weighted by Crippen LogP contribution is -2.23. The SMILES string of the molecule is CCC(C)C(CC)c1cnc(C(C)(CC)CC)c(F)c1. The normalized spacial score (nSPS) is 15.2. The quantitative estimate of drug-likeness (QED) is 0.611. The number of pyridine rings is 1. The van der Waals surface area contributed by atoms with Gasteiger partial charge in [0.15, 0.2) is 0 Å². The van der Waals surface area contributed by atoms with E-state index in [0.717, 1.165) is 31.2 Å². The molecule has 1 heterocycles. The van der Waals surface area contributed by atoms with E-state index in [4.69, 9.17) is 0 Å². The van der Waals surface area contributed by atoms with Crippen LogP contribution in [0.25, 0.3) is 0 Å². The molecule has 2 heteroatoms. The molecule has 0 saturated carbocycles. The van der Waals surface area contributed by atoms with Crippen molar-refractivity contribution in [1.29, 1.82) is 0 Å². The Morgan fingerprint density at radius 2 is 1.75 bits per heavy atom. The minimum Gasteiger partial charge on any atom is -0.257 e. The molecule has 0 N–H and O–H groups in total. The van der Waals surface area contributed by atoms with E-state index in [1.54, 1.807) is 6.07 Å². The number of aromatic nitrogens is 1. The monoisotopic (exact) mass is 279 g/mol. The molecule has 1 nitrogen and oxygen atoms in total. The molecule has 0 aliphatic carbocycles. The van der Waals surface area contributed by atoms with E-state index in [-0.39, 0.29) is 11.2 Å². The first-order chi connectivity index (χ1) is 9.43. The predicted molar refractivity (Wildman–Crippen MR) is 84.6 cm³/mol. The first kappa shape index (κ1) is 17.1. The van der Waals surface area contributed by atoms with E-state index >= 15 is 0 Å². The van der Waals surface area contributed by atoms with Crippen LogP contribution in [-0.2, 0) is 5.41 Å². The second-order valence-corrected chi connectivity index (χ2v) is 6.27. The van der Waals surface area contributed by atoms with Crippen molar-refractivity contribution in [2.24, 2.45) is 5.92 Å². The Balaban J connectivity index is 3.16. The summed E-state index contributed by atoms with van der Waals surface area (Å²) in [4.78, 5) is 4.50. The van der Waals surface area contributed by atoms with Crippen LogP contribution >= 0.6 is 0 Å². The smallest absolute Gasteiger partial charge is 0.145 e. The minimum atomic E-state index is -0.152. The van der Waals surface area contributed by atoms with E-state index in [0.29, 0.717) is 17.5 Å². The van der Waals surface area contributed by atoms with Gasteiger partial charge in [0, 0.05) is 11.6 Å². The highest BCUT2D eigenvalue weighted by molar-refractivity contribution is 5.25. The van der Waals surface area contributed by atoms with E-state index in [1.165, 1.54) is 0 Å². The van der Waals surface area contributed by atoms with E-state index in [9.17, 15) is 4.39 Å². The maximum absolute atomic E-state index is 14.5. The summed E-state index contributed by atoms with van der Waals surface area (Å²) in [6.07, 6.45) is 5.88. The zero-order valence-electron chi connectivity index (χ0n) is 14.0. The zero-order valence-corrected chi connectivity index (χ0v) is 14.0. The molecule has 0 aliphatic rings. The van der Waals surface area contributed by atoms with Gasteiger partial charge in [-0.05, 0) is 42.7 Å². The van der Waals surface area contributed by atoms with Crippen LogP contribution in [-0.4, -0.2) is 4.98 Å². The molecular weight excluding hydrogens is 249 g/mol. The Bertz CT molecular complexity index is 423. The maximum atomic E-state index is 14.5. The summed E-state index contributed by atoms with van der Waals surface area (Å²) in [5.41, 5.74) is 1.53. The molecule has 20 heavy (non-hydrogen) atoms. The summed E-state index contributed by atoms with van der Waals surface area (Å²) >= 11 is 0. The molecule has 2 unspecified atom stereocenters. The highest BCUT2D eigenvalue weighted by atomic mass is 19.1. The lowest BCUT2D eigenvalue weighted by molar-refractivity contribution is 0.395. The minimum absolute atomic E-state index is 0.129. The molecule has 0 fully saturated rings. The average molecular weight is 279 g/mol. The number of hydrogen-bond acceptors (Lipinski definition) is 1. The second kappa shape index (κ2) is 7.19. The molecule has 114 valence electrons. The van der Waals surface area contributed by atoms with Crippen molar-refractivity contribution in [3.63, 3.8) is 0 Å². The van der Waals surface area contributed by atoms with Gasteiger partial charge in [-0.2, -0.15) is 0 Å². The van der Waals surface area contributed by atoms with E-state index in [2.05, 4.69) is 46.5 Å². The van der Waals surface area contributed by atoms with Gasteiger partial charge >= 0.3 is 0 Å². The molecular formula is C18H30FN. The van der Waals surface area contributed by atoms with Crippen LogP contribution in [0.2, 0.25) is 0 Å². The molecule has 0 radical (unpaired) electrons. The van der Waals surface area contributed by atoms with Crippen molar-refractivity contribution in [3.05, 3.63) is 29.3 Å². The summed E-state index contributed by atoms with van der Waals surface area (Å²) in [6, 6.07) is 1.73.